The first-order valence-corrected chi connectivity index (χ1v) is 9.07. The molecule has 0 fully saturated rings. The van der Waals surface area contributed by atoms with Gasteiger partial charge < -0.3 is 10.1 Å². The van der Waals surface area contributed by atoms with E-state index in [0.717, 1.165) is 11.3 Å². The summed E-state index contributed by atoms with van der Waals surface area (Å²) in [5, 5.41) is 7.21. The molecule has 0 bridgehead atoms. The van der Waals surface area contributed by atoms with E-state index in [4.69, 9.17) is 4.74 Å². The molecule has 1 N–H and O–H groups in total. The highest BCUT2D eigenvalue weighted by Crippen LogP contribution is 2.19. The number of hydrogen-bond acceptors (Lipinski definition) is 4. The van der Waals surface area contributed by atoms with Gasteiger partial charge in [0.2, 0.25) is 0 Å². The van der Waals surface area contributed by atoms with E-state index in [0.29, 0.717) is 22.6 Å². The van der Waals surface area contributed by atoms with E-state index in [1.54, 1.807) is 31.5 Å². The lowest BCUT2D eigenvalue weighted by atomic mass is 10.2. The number of nitrogens with one attached hydrogen (secondary N) is 1. The van der Waals surface area contributed by atoms with Gasteiger partial charge in [-0.15, -0.1) is 0 Å². The van der Waals surface area contributed by atoms with E-state index >= 15 is 0 Å². The lowest BCUT2D eigenvalue weighted by Gasteiger charge is -2.14. The highest BCUT2D eigenvalue weighted by Gasteiger charge is 2.25. The number of rotatable bonds is 5. The molecule has 0 aliphatic rings. The van der Waals surface area contributed by atoms with Crippen molar-refractivity contribution in [2.75, 3.05) is 5.32 Å². The Labute approximate surface area is 164 Å². The summed E-state index contributed by atoms with van der Waals surface area (Å²) in [4.78, 5) is 25.1. The zero-order valence-electron chi connectivity index (χ0n) is 16.4. The number of esters is 1. The van der Waals surface area contributed by atoms with Gasteiger partial charge in [0.25, 0.3) is 5.91 Å². The fourth-order valence-electron chi connectivity index (χ4n) is 3.00. The zero-order chi connectivity index (χ0) is 20.3. The number of aryl methyl sites for hydroxylation is 2. The molecule has 1 amide bonds. The van der Waals surface area contributed by atoms with E-state index < -0.39 is 12.1 Å². The van der Waals surface area contributed by atoms with Crippen molar-refractivity contribution in [3.05, 3.63) is 77.1 Å². The van der Waals surface area contributed by atoms with Gasteiger partial charge in [-0.1, -0.05) is 30.3 Å². The van der Waals surface area contributed by atoms with E-state index in [9.17, 15) is 9.59 Å². The van der Waals surface area contributed by atoms with E-state index in [2.05, 4.69) is 10.4 Å². The molecule has 1 heterocycles. The van der Waals surface area contributed by atoms with Crippen molar-refractivity contribution >= 4 is 17.6 Å². The van der Waals surface area contributed by atoms with Crippen molar-refractivity contribution in [2.24, 2.45) is 0 Å². The molecule has 1 aromatic heterocycles. The number of ether oxygens (including phenoxy) is 1. The third-order valence-electron chi connectivity index (χ3n) is 4.43. The van der Waals surface area contributed by atoms with Gasteiger partial charge in [-0.3, -0.25) is 4.79 Å². The molecule has 0 aliphatic carbocycles. The summed E-state index contributed by atoms with van der Waals surface area (Å²) in [5.41, 5.74) is 4.14. The Morgan fingerprint density at radius 2 is 1.75 bits per heavy atom. The monoisotopic (exact) mass is 377 g/mol. The Morgan fingerprint density at radius 3 is 2.43 bits per heavy atom. The summed E-state index contributed by atoms with van der Waals surface area (Å²) < 4.78 is 7.11. The Bertz CT molecular complexity index is 1010. The van der Waals surface area contributed by atoms with Crippen LogP contribution in [0.4, 0.5) is 5.69 Å². The lowest BCUT2D eigenvalue weighted by Crippen LogP contribution is -2.30. The quantitative estimate of drug-likeness (QED) is 0.683. The van der Waals surface area contributed by atoms with Crippen LogP contribution in [0.25, 0.3) is 5.69 Å². The molecule has 0 aliphatic heterocycles. The number of carbonyl (C=O) groups excluding carboxylic acids is 2. The van der Waals surface area contributed by atoms with Crippen LogP contribution in [0.2, 0.25) is 0 Å². The predicted molar refractivity (Wildman–Crippen MR) is 108 cm³/mol. The fraction of sp³-hybridized carbons (Fsp3) is 0.227. The Kier molecular flexibility index (Phi) is 5.59. The molecule has 2 aromatic carbocycles. The minimum Gasteiger partial charge on any atom is -0.449 e. The van der Waals surface area contributed by atoms with Crippen molar-refractivity contribution in [3.8, 4) is 5.69 Å². The summed E-state index contributed by atoms with van der Waals surface area (Å²) in [6.07, 6.45) is -0.938. The van der Waals surface area contributed by atoms with E-state index in [-0.39, 0.29) is 5.91 Å². The topological polar surface area (TPSA) is 73.2 Å². The molecular weight excluding hydrogens is 354 g/mol. The molecule has 6 heteroatoms. The van der Waals surface area contributed by atoms with Gasteiger partial charge in [0.1, 0.15) is 5.56 Å². The maximum Gasteiger partial charge on any atom is 0.342 e. The largest absolute Gasteiger partial charge is 0.449 e. The second-order valence-electron chi connectivity index (χ2n) is 6.70. The molecule has 144 valence electrons. The van der Waals surface area contributed by atoms with Gasteiger partial charge in [0.05, 0.1) is 17.1 Å². The van der Waals surface area contributed by atoms with Crippen molar-refractivity contribution in [1.29, 1.82) is 0 Å². The molecule has 0 radical (unpaired) electrons. The highest BCUT2D eigenvalue weighted by atomic mass is 16.5. The number of anilines is 1. The normalized spacial score (nSPS) is 11.7. The minimum atomic E-state index is -0.938. The van der Waals surface area contributed by atoms with Gasteiger partial charge in [-0.25, -0.2) is 9.48 Å². The molecule has 3 aromatic rings. The number of aromatic nitrogens is 2. The van der Waals surface area contributed by atoms with Gasteiger partial charge >= 0.3 is 5.97 Å². The molecule has 28 heavy (non-hydrogen) atoms. The van der Waals surface area contributed by atoms with Gasteiger partial charge in [-0.2, -0.15) is 5.10 Å². The van der Waals surface area contributed by atoms with Gasteiger partial charge in [0, 0.05) is 5.69 Å². The number of benzene rings is 2. The molecule has 0 unspecified atom stereocenters. The van der Waals surface area contributed by atoms with Crippen LogP contribution < -0.4 is 5.32 Å². The van der Waals surface area contributed by atoms with Crippen molar-refractivity contribution in [2.45, 2.75) is 33.8 Å². The van der Waals surface area contributed by atoms with E-state index in [1.165, 1.54) is 0 Å². The van der Waals surface area contributed by atoms with Crippen molar-refractivity contribution < 1.29 is 14.3 Å². The summed E-state index contributed by atoms with van der Waals surface area (Å²) in [5.74, 6) is -0.950. The van der Waals surface area contributed by atoms with Crippen LogP contribution in [0.15, 0.2) is 54.6 Å². The molecule has 3 rings (SSSR count). The molecule has 6 nitrogen and oxygen atoms in total. The average Bonchev–Trinajstić information content (AvgIpc) is 2.96. The second-order valence-corrected chi connectivity index (χ2v) is 6.70. The summed E-state index contributed by atoms with van der Waals surface area (Å²) in [6, 6.07) is 17.0. The Hall–Kier alpha value is -3.41. The standard InChI is InChI=1S/C22H23N3O3/c1-14-9-8-10-18(13-14)23-21(26)17(4)28-22(27)20-15(2)24-25(16(20)3)19-11-6-5-7-12-19/h5-13,17H,1-4H3,(H,23,26)/t17-/m1/s1. The van der Waals surface area contributed by atoms with Gasteiger partial charge in [0.15, 0.2) is 6.10 Å². The molecular formula is C22H23N3O3. The number of amides is 1. The first kappa shape index (κ1) is 19.4. The van der Waals surface area contributed by atoms with Crippen LogP contribution in [0.3, 0.4) is 0 Å². The van der Waals surface area contributed by atoms with Crippen LogP contribution >= 0.6 is 0 Å². The predicted octanol–water partition coefficient (Wildman–Crippen LogP) is 3.98. The van der Waals surface area contributed by atoms with Crippen molar-refractivity contribution in [3.63, 3.8) is 0 Å². The van der Waals surface area contributed by atoms with Crippen LogP contribution in [-0.2, 0) is 9.53 Å². The number of carbonyl (C=O) groups is 2. The summed E-state index contributed by atoms with van der Waals surface area (Å²) in [7, 11) is 0. The van der Waals surface area contributed by atoms with Gasteiger partial charge in [-0.05, 0) is 57.5 Å². The minimum absolute atomic E-state index is 0.374. The fourth-order valence-corrected chi connectivity index (χ4v) is 3.00. The number of hydrogen-bond donors (Lipinski definition) is 1. The maximum atomic E-state index is 12.7. The highest BCUT2D eigenvalue weighted by molar-refractivity contribution is 5.98. The first-order valence-electron chi connectivity index (χ1n) is 9.07. The van der Waals surface area contributed by atoms with Crippen LogP contribution in [0.5, 0.6) is 0 Å². The zero-order valence-corrected chi connectivity index (χ0v) is 16.4. The van der Waals surface area contributed by atoms with Crippen LogP contribution in [0.1, 0.15) is 34.2 Å². The average molecular weight is 377 g/mol. The number of nitrogens with zero attached hydrogens (tertiary/aromatic N) is 2. The summed E-state index contributed by atoms with van der Waals surface area (Å²) >= 11 is 0. The summed E-state index contributed by atoms with van der Waals surface area (Å²) in [6.45, 7) is 7.05. The molecule has 0 saturated carbocycles. The Balaban J connectivity index is 1.74. The third-order valence-corrected chi connectivity index (χ3v) is 4.43. The second kappa shape index (κ2) is 8.08. The first-order chi connectivity index (χ1) is 13.4. The van der Waals surface area contributed by atoms with E-state index in [1.807, 2.05) is 55.5 Å². The third kappa shape index (κ3) is 4.11. The number of para-hydroxylation sites is 1. The van der Waals surface area contributed by atoms with Crippen LogP contribution in [-0.4, -0.2) is 27.8 Å². The SMILES string of the molecule is Cc1cccc(NC(=O)[C@@H](C)OC(=O)c2c(C)nn(-c3ccccc3)c2C)c1. The molecule has 0 spiro atoms. The molecule has 0 saturated heterocycles. The lowest BCUT2D eigenvalue weighted by molar-refractivity contribution is -0.123. The maximum absolute atomic E-state index is 12.7. The Morgan fingerprint density at radius 1 is 1.04 bits per heavy atom. The van der Waals surface area contributed by atoms with Crippen LogP contribution in [0, 0.1) is 20.8 Å². The van der Waals surface area contributed by atoms with Crippen molar-refractivity contribution in [1.82, 2.24) is 9.78 Å². The smallest absolute Gasteiger partial charge is 0.342 e. The molecule has 1 atom stereocenters.